The van der Waals surface area contributed by atoms with E-state index in [0.717, 1.165) is 0 Å². The number of rotatable bonds is 6. The number of pyridine rings is 1. The molecule has 0 unspecified atom stereocenters. The Bertz CT molecular complexity index is 409. The normalized spacial score (nSPS) is 11.9. The SMILES string of the molecule is CC(C)CN(CCC(N)=NO)c1ncccc1F. The topological polar surface area (TPSA) is 74.7 Å². The minimum Gasteiger partial charge on any atom is -0.409 e. The zero-order chi connectivity index (χ0) is 13.5. The van der Waals surface area contributed by atoms with Gasteiger partial charge in [0.2, 0.25) is 0 Å². The molecular weight excluding hydrogens is 235 g/mol. The first-order valence-corrected chi connectivity index (χ1v) is 5.86. The molecule has 0 atom stereocenters. The molecule has 1 rings (SSSR count). The predicted octanol–water partition coefficient (Wildman–Crippen LogP) is 1.82. The van der Waals surface area contributed by atoms with Crippen LogP contribution in [-0.2, 0) is 0 Å². The van der Waals surface area contributed by atoms with Gasteiger partial charge in [0.15, 0.2) is 11.6 Å². The average molecular weight is 254 g/mol. The second-order valence-corrected chi connectivity index (χ2v) is 4.49. The largest absolute Gasteiger partial charge is 0.409 e. The molecule has 3 N–H and O–H groups in total. The second-order valence-electron chi connectivity index (χ2n) is 4.49. The first-order valence-electron chi connectivity index (χ1n) is 5.86. The Balaban J connectivity index is 2.81. The van der Waals surface area contributed by atoms with Gasteiger partial charge in [-0.1, -0.05) is 19.0 Å². The van der Waals surface area contributed by atoms with E-state index in [0.29, 0.717) is 31.2 Å². The monoisotopic (exact) mass is 254 g/mol. The van der Waals surface area contributed by atoms with E-state index in [1.807, 2.05) is 13.8 Å². The molecule has 18 heavy (non-hydrogen) atoms. The van der Waals surface area contributed by atoms with Crippen LogP contribution in [0.2, 0.25) is 0 Å². The van der Waals surface area contributed by atoms with Crippen molar-refractivity contribution >= 4 is 11.7 Å². The molecule has 6 heteroatoms. The highest BCUT2D eigenvalue weighted by Gasteiger charge is 2.14. The molecule has 0 bridgehead atoms. The average Bonchev–Trinajstić information content (AvgIpc) is 2.34. The third-order valence-corrected chi connectivity index (χ3v) is 2.39. The van der Waals surface area contributed by atoms with E-state index in [2.05, 4.69) is 10.1 Å². The molecule has 0 saturated heterocycles. The molecule has 0 aliphatic rings. The zero-order valence-electron chi connectivity index (χ0n) is 10.7. The summed E-state index contributed by atoms with van der Waals surface area (Å²) in [5.74, 6) is 0.424. The van der Waals surface area contributed by atoms with E-state index in [9.17, 15) is 4.39 Å². The Morgan fingerprint density at radius 1 is 1.61 bits per heavy atom. The van der Waals surface area contributed by atoms with Crippen LogP contribution in [0.1, 0.15) is 20.3 Å². The summed E-state index contributed by atoms with van der Waals surface area (Å²) in [6.45, 7) is 5.20. The van der Waals surface area contributed by atoms with Gasteiger partial charge in [0, 0.05) is 25.7 Å². The minimum absolute atomic E-state index is 0.125. The van der Waals surface area contributed by atoms with Crippen LogP contribution in [0.5, 0.6) is 0 Å². The van der Waals surface area contributed by atoms with E-state index >= 15 is 0 Å². The first kappa shape index (κ1) is 14.2. The Morgan fingerprint density at radius 3 is 2.89 bits per heavy atom. The highest BCUT2D eigenvalue weighted by Crippen LogP contribution is 2.17. The quantitative estimate of drug-likeness (QED) is 0.351. The summed E-state index contributed by atoms with van der Waals surface area (Å²) in [6, 6.07) is 2.93. The maximum atomic E-state index is 13.7. The fourth-order valence-corrected chi connectivity index (χ4v) is 1.63. The summed E-state index contributed by atoms with van der Waals surface area (Å²) >= 11 is 0. The molecular formula is C12H19FN4O. The summed E-state index contributed by atoms with van der Waals surface area (Å²) in [4.78, 5) is 5.85. The lowest BCUT2D eigenvalue weighted by atomic mass is 10.2. The van der Waals surface area contributed by atoms with Crippen molar-refractivity contribution in [3.05, 3.63) is 24.1 Å². The third kappa shape index (κ3) is 4.20. The van der Waals surface area contributed by atoms with Crippen molar-refractivity contribution in [1.82, 2.24) is 4.98 Å². The Labute approximate surface area is 106 Å². The molecule has 0 saturated carbocycles. The number of oxime groups is 1. The van der Waals surface area contributed by atoms with E-state index in [4.69, 9.17) is 10.9 Å². The standard InChI is InChI=1S/C12H19FN4O/c1-9(2)8-17(7-5-11(14)16-18)12-10(13)4-3-6-15-12/h3-4,6,9,18H,5,7-8H2,1-2H3,(H2,14,16). The smallest absolute Gasteiger partial charge is 0.165 e. The number of halogens is 1. The van der Waals surface area contributed by atoms with Gasteiger partial charge in [-0.25, -0.2) is 9.37 Å². The van der Waals surface area contributed by atoms with Crippen molar-refractivity contribution in [2.75, 3.05) is 18.0 Å². The van der Waals surface area contributed by atoms with Crippen LogP contribution >= 0.6 is 0 Å². The van der Waals surface area contributed by atoms with Crippen LogP contribution in [-0.4, -0.2) is 29.1 Å². The molecule has 0 aliphatic carbocycles. The summed E-state index contributed by atoms with van der Waals surface area (Å²) in [5.41, 5.74) is 5.43. The van der Waals surface area contributed by atoms with Gasteiger partial charge < -0.3 is 15.8 Å². The summed E-state index contributed by atoms with van der Waals surface area (Å²) in [5, 5.41) is 11.4. The van der Waals surface area contributed by atoms with Crippen LogP contribution < -0.4 is 10.6 Å². The Hall–Kier alpha value is -1.85. The van der Waals surface area contributed by atoms with Gasteiger partial charge in [-0.15, -0.1) is 0 Å². The maximum Gasteiger partial charge on any atom is 0.165 e. The number of nitrogens with zero attached hydrogens (tertiary/aromatic N) is 3. The number of anilines is 1. The second kappa shape index (κ2) is 6.78. The van der Waals surface area contributed by atoms with Crippen LogP contribution in [0.15, 0.2) is 23.5 Å². The molecule has 0 aromatic carbocycles. The molecule has 0 fully saturated rings. The molecule has 0 amide bonds. The van der Waals surface area contributed by atoms with Gasteiger partial charge in [0.05, 0.1) is 0 Å². The Kier molecular flexibility index (Phi) is 5.35. The van der Waals surface area contributed by atoms with E-state index in [1.54, 1.807) is 17.2 Å². The summed E-state index contributed by atoms with van der Waals surface area (Å²) in [6.07, 6.45) is 1.91. The highest BCUT2D eigenvalue weighted by molar-refractivity contribution is 5.80. The van der Waals surface area contributed by atoms with Crippen LogP contribution in [0, 0.1) is 11.7 Å². The van der Waals surface area contributed by atoms with Gasteiger partial charge in [-0.05, 0) is 18.1 Å². The van der Waals surface area contributed by atoms with Crippen molar-refractivity contribution in [3.8, 4) is 0 Å². The van der Waals surface area contributed by atoms with Gasteiger partial charge in [0.25, 0.3) is 0 Å². The molecule has 1 heterocycles. The van der Waals surface area contributed by atoms with Crippen LogP contribution in [0.25, 0.3) is 0 Å². The molecule has 1 aromatic heterocycles. The molecule has 5 nitrogen and oxygen atoms in total. The fourth-order valence-electron chi connectivity index (χ4n) is 1.63. The Morgan fingerprint density at radius 2 is 2.33 bits per heavy atom. The van der Waals surface area contributed by atoms with Gasteiger partial charge >= 0.3 is 0 Å². The van der Waals surface area contributed by atoms with Gasteiger partial charge in [-0.2, -0.15) is 0 Å². The number of aromatic nitrogens is 1. The minimum atomic E-state index is -0.363. The van der Waals surface area contributed by atoms with E-state index < -0.39 is 0 Å². The highest BCUT2D eigenvalue weighted by atomic mass is 19.1. The summed E-state index contributed by atoms with van der Waals surface area (Å²) in [7, 11) is 0. The maximum absolute atomic E-state index is 13.7. The fraction of sp³-hybridized carbons (Fsp3) is 0.500. The van der Waals surface area contributed by atoms with Crippen molar-refractivity contribution < 1.29 is 9.60 Å². The van der Waals surface area contributed by atoms with E-state index in [-0.39, 0.29) is 11.7 Å². The molecule has 0 radical (unpaired) electrons. The molecule has 0 aliphatic heterocycles. The number of hydrogen-bond donors (Lipinski definition) is 2. The van der Waals surface area contributed by atoms with Gasteiger partial charge in [0.1, 0.15) is 5.84 Å². The third-order valence-electron chi connectivity index (χ3n) is 2.39. The van der Waals surface area contributed by atoms with Gasteiger partial charge in [-0.3, -0.25) is 0 Å². The summed E-state index contributed by atoms with van der Waals surface area (Å²) < 4.78 is 13.7. The first-order chi connectivity index (χ1) is 8.54. The molecule has 1 aromatic rings. The number of hydrogen-bond acceptors (Lipinski definition) is 4. The van der Waals surface area contributed by atoms with Crippen molar-refractivity contribution in [2.24, 2.45) is 16.8 Å². The van der Waals surface area contributed by atoms with E-state index in [1.165, 1.54) is 6.07 Å². The van der Waals surface area contributed by atoms with Crippen molar-refractivity contribution in [2.45, 2.75) is 20.3 Å². The van der Waals surface area contributed by atoms with Crippen molar-refractivity contribution in [3.63, 3.8) is 0 Å². The predicted molar refractivity (Wildman–Crippen MR) is 69.3 cm³/mol. The lowest BCUT2D eigenvalue weighted by molar-refractivity contribution is 0.317. The number of nitrogens with two attached hydrogens (primary N) is 1. The molecule has 0 spiro atoms. The number of amidine groups is 1. The zero-order valence-corrected chi connectivity index (χ0v) is 10.7. The van der Waals surface area contributed by atoms with Crippen molar-refractivity contribution in [1.29, 1.82) is 0 Å². The van der Waals surface area contributed by atoms with Crippen LogP contribution in [0.3, 0.4) is 0 Å². The van der Waals surface area contributed by atoms with Crippen LogP contribution in [0.4, 0.5) is 10.2 Å². The lowest BCUT2D eigenvalue weighted by Gasteiger charge is -2.25. The lowest BCUT2D eigenvalue weighted by Crippen LogP contribution is -2.32. The molecule has 100 valence electrons.